The summed E-state index contributed by atoms with van der Waals surface area (Å²) in [6.45, 7) is 12.4. The van der Waals surface area contributed by atoms with Crippen LogP contribution in [0.15, 0.2) is 0 Å². The maximum atomic E-state index is 5.44. The van der Waals surface area contributed by atoms with Gasteiger partial charge in [-0.2, -0.15) is 12.6 Å². The van der Waals surface area contributed by atoms with Gasteiger partial charge in [-0.25, -0.2) is 0 Å². The van der Waals surface area contributed by atoms with Gasteiger partial charge in [-0.05, 0) is 12.3 Å². The predicted octanol–water partition coefficient (Wildman–Crippen LogP) is 1.99. The van der Waals surface area contributed by atoms with Crippen LogP contribution in [-0.2, 0) is 14.2 Å². The maximum absolute atomic E-state index is 5.44. The van der Waals surface area contributed by atoms with Gasteiger partial charge in [0.1, 0.15) is 0 Å². The number of hydrogen-bond acceptors (Lipinski definition) is 5. The Morgan fingerprint density at radius 3 is 1.89 bits per heavy atom. The van der Waals surface area contributed by atoms with Crippen LogP contribution in [0.4, 0.5) is 0 Å². The topological polar surface area (TPSA) is 39.7 Å². The van der Waals surface area contributed by atoms with Crippen LogP contribution < -0.4 is 5.32 Å². The maximum Gasteiger partial charge on any atom is 0.0701 e. The van der Waals surface area contributed by atoms with Gasteiger partial charge >= 0.3 is 0 Å². The van der Waals surface area contributed by atoms with Crippen LogP contribution in [0.1, 0.15) is 27.2 Å². The highest BCUT2D eigenvalue weighted by molar-refractivity contribution is 7.80. The van der Waals surface area contributed by atoms with Crippen molar-refractivity contribution in [3.8, 4) is 0 Å². The van der Waals surface area contributed by atoms with E-state index in [0.717, 1.165) is 32.7 Å². The van der Waals surface area contributed by atoms with Crippen LogP contribution in [0.2, 0.25) is 0 Å². The van der Waals surface area contributed by atoms with Crippen LogP contribution in [-0.4, -0.2) is 58.0 Å². The van der Waals surface area contributed by atoms with Crippen molar-refractivity contribution in [3.05, 3.63) is 0 Å². The van der Waals surface area contributed by atoms with Crippen LogP contribution in [0.5, 0.6) is 0 Å². The molecular weight excluding hydrogens is 262 g/mol. The fourth-order valence-corrected chi connectivity index (χ4v) is 1.45. The molecule has 0 aliphatic rings. The molecule has 4 nitrogen and oxygen atoms in total. The zero-order chi connectivity index (χ0) is 14.3. The van der Waals surface area contributed by atoms with Crippen molar-refractivity contribution in [2.45, 2.75) is 32.4 Å². The molecule has 0 fully saturated rings. The number of ether oxygens (including phenoxy) is 3. The van der Waals surface area contributed by atoms with E-state index in [-0.39, 0.29) is 0 Å². The molecule has 0 amide bonds. The molecular formula is C14H31NO3S. The van der Waals surface area contributed by atoms with Crippen molar-refractivity contribution < 1.29 is 14.2 Å². The fourth-order valence-electron chi connectivity index (χ4n) is 1.32. The van der Waals surface area contributed by atoms with Gasteiger partial charge in [0.05, 0.1) is 33.0 Å². The first kappa shape index (κ1) is 19.2. The van der Waals surface area contributed by atoms with Gasteiger partial charge in [-0.1, -0.05) is 20.8 Å². The Hall–Kier alpha value is 0.190. The molecule has 0 rings (SSSR count). The molecule has 19 heavy (non-hydrogen) atoms. The van der Waals surface area contributed by atoms with Gasteiger partial charge < -0.3 is 19.5 Å². The third-order valence-electron chi connectivity index (χ3n) is 2.45. The first-order chi connectivity index (χ1) is 9.13. The zero-order valence-corrected chi connectivity index (χ0v) is 13.6. The van der Waals surface area contributed by atoms with Crippen LogP contribution in [0.3, 0.4) is 0 Å². The molecule has 1 N–H and O–H groups in total. The summed E-state index contributed by atoms with van der Waals surface area (Å²) in [4.78, 5) is 0. The van der Waals surface area contributed by atoms with E-state index in [9.17, 15) is 0 Å². The van der Waals surface area contributed by atoms with Gasteiger partial charge in [0, 0.05) is 24.9 Å². The minimum Gasteiger partial charge on any atom is -0.379 e. The number of hydrogen-bond donors (Lipinski definition) is 2. The molecule has 0 radical (unpaired) electrons. The summed E-state index contributed by atoms with van der Waals surface area (Å²) < 4.78 is 16.3. The Bertz CT molecular complexity index is 162. The number of nitrogens with one attached hydrogen (secondary N) is 1. The van der Waals surface area contributed by atoms with Gasteiger partial charge in [0.2, 0.25) is 0 Å². The van der Waals surface area contributed by atoms with E-state index in [1.807, 2.05) is 0 Å². The molecule has 0 aromatic carbocycles. The summed E-state index contributed by atoms with van der Waals surface area (Å²) in [7, 11) is 0. The summed E-state index contributed by atoms with van der Waals surface area (Å²) in [5.74, 6) is 0.702. The lowest BCUT2D eigenvalue weighted by molar-refractivity contribution is 0.0134. The molecule has 1 unspecified atom stereocenters. The Kier molecular flexibility index (Phi) is 14.7. The van der Waals surface area contributed by atoms with Crippen molar-refractivity contribution in [3.63, 3.8) is 0 Å². The molecule has 1 atom stereocenters. The average Bonchev–Trinajstić information content (AvgIpc) is 2.34. The van der Waals surface area contributed by atoms with Crippen molar-refractivity contribution in [1.82, 2.24) is 5.32 Å². The molecule has 0 aliphatic heterocycles. The van der Waals surface area contributed by atoms with E-state index in [1.54, 1.807) is 0 Å². The summed E-state index contributed by atoms with van der Waals surface area (Å²) in [6, 6.07) is 0. The SMILES string of the molecule is CC(C)CCOCCOCCOCCNCC(C)S. The summed E-state index contributed by atoms with van der Waals surface area (Å²) in [5.41, 5.74) is 0. The van der Waals surface area contributed by atoms with E-state index >= 15 is 0 Å². The molecule has 0 spiro atoms. The highest BCUT2D eigenvalue weighted by Gasteiger charge is 1.95. The predicted molar refractivity (Wildman–Crippen MR) is 83.2 cm³/mol. The van der Waals surface area contributed by atoms with Crippen molar-refractivity contribution in [2.75, 3.05) is 52.7 Å². The van der Waals surface area contributed by atoms with Crippen molar-refractivity contribution >= 4 is 12.6 Å². The lowest BCUT2D eigenvalue weighted by atomic mass is 10.1. The van der Waals surface area contributed by atoms with E-state index in [4.69, 9.17) is 14.2 Å². The van der Waals surface area contributed by atoms with Gasteiger partial charge in [0.15, 0.2) is 0 Å². The molecule has 0 aromatic rings. The lowest BCUT2D eigenvalue weighted by Gasteiger charge is -2.09. The quantitative estimate of drug-likeness (QED) is 0.379. The molecule has 0 saturated heterocycles. The molecule has 0 saturated carbocycles. The van der Waals surface area contributed by atoms with E-state index in [0.29, 0.717) is 37.6 Å². The molecule has 116 valence electrons. The number of thiol groups is 1. The largest absolute Gasteiger partial charge is 0.379 e. The van der Waals surface area contributed by atoms with Crippen molar-refractivity contribution in [2.24, 2.45) is 5.92 Å². The van der Waals surface area contributed by atoms with Crippen LogP contribution in [0, 0.1) is 5.92 Å². The Balaban J connectivity index is 2.95. The Morgan fingerprint density at radius 1 is 0.842 bits per heavy atom. The first-order valence-corrected chi connectivity index (χ1v) is 7.76. The lowest BCUT2D eigenvalue weighted by Crippen LogP contribution is -2.25. The second kappa shape index (κ2) is 14.6. The fraction of sp³-hybridized carbons (Fsp3) is 1.00. The van der Waals surface area contributed by atoms with E-state index in [2.05, 4.69) is 38.7 Å². The second-order valence-corrected chi connectivity index (χ2v) is 5.95. The van der Waals surface area contributed by atoms with Crippen molar-refractivity contribution in [1.29, 1.82) is 0 Å². The first-order valence-electron chi connectivity index (χ1n) is 7.25. The standard InChI is InChI=1S/C14H31NO3S/c1-13(2)4-6-16-8-10-18-11-9-17-7-5-15-12-14(3)19/h13-15,19H,4-12H2,1-3H3. The van der Waals surface area contributed by atoms with E-state index < -0.39 is 0 Å². The number of rotatable bonds is 14. The molecule has 0 aromatic heterocycles. The Labute approximate surface area is 124 Å². The van der Waals surface area contributed by atoms with Gasteiger partial charge in [-0.3, -0.25) is 0 Å². The minimum atomic E-state index is 0.388. The monoisotopic (exact) mass is 293 g/mol. The van der Waals surface area contributed by atoms with Crippen LogP contribution >= 0.6 is 12.6 Å². The molecule has 0 bridgehead atoms. The smallest absolute Gasteiger partial charge is 0.0701 e. The normalized spacial score (nSPS) is 13.1. The minimum absolute atomic E-state index is 0.388. The summed E-state index contributed by atoms with van der Waals surface area (Å²) in [5, 5.41) is 3.64. The Morgan fingerprint density at radius 2 is 1.37 bits per heavy atom. The van der Waals surface area contributed by atoms with Gasteiger partial charge in [-0.15, -0.1) is 0 Å². The molecule has 0 aliphatic carbocycles. The third-order valence-corrected chi connectivity index (χ3v) is 2.63. The van der Waals surface area contributed by atoms with Crippen LogP contribution in [0.25, 0.3) is 0 Å². The van der Waals surface area contributed by atoms with E-state index in [1.165, 1.54) is 0 Å². The average molecular weight is 293 g/mol. The highest BCUT2D eigenvalue weighted by Crippen LogP contribution is 1.98. The summed E-state index contributed by atoms with van der Waals surface area (Å²) in [6.07, 6.45) is 1.11. The molecule has 0 heterocycles. The highest BCUT2D eigenvalue weighted by atomic mass is 32.1. The third kappa shape index (κ3) is 18.2. The summed E-state index contributed by atoms with van der Waals surface area (Å²) >= 11 is 4.28. The van der Waals surface area contributed by atoms with Gasteiger partial charge in [0.25, 0.3) is 0 Å². The zero-order valence-electron chi connectivity index (χ0n) is 12.7. The molecule has 5 heteroatoms. The second-order valence-electron chi connectivity index (χ2n) is 5.07.